The van der Waals surface area contributed by atoms with Crippen LogP contribution >= 0.6 is 0 Å². The molecule has 0 radical (unpaired) electrons. The van der Waals surface area contributed by atoms with Crippen molar-refractivity contribution in [3.8, 4) is 5.75 Å². The highest BCUT2D eigenvalue weighted by atomic mass is 16.5. The molecular formula is C26H38O2. The summed E-state index contributed by atoms with van der Waals surface area (Å²) in [6.07, 6.45) is 4.77. The molecule has 2 aromatic rings. The standard InChI is InChI=1S/C26H38O2/c1-7-25(8-2,28-24-17-13-22(6)14-18-24)19-20-27-26(9-3,10-4)23-15-11-21(5)12-16-23/h11-18H,7-10,19-20H2,1-6H3. The van der Waals surface area contributed by atoms with Crippen LogP contribution in [0.5, 0.6) is 5.75 Å². The minimum absolute atomic E-state index is 0.185. The molecule has 2 heteroatoms. The monoisotopic (exact) mass is 382 g/mol. The average Bonchev–Trinajstić information content (AvgIpc) is 2.73. The van der Waals surface area contributed by atoms with Crippen LogP contribution < -0.4 is 4.74 Å². The number of hydrogen-bond acceptors (Lipinski definition) is 2. The first-order chi connectivity index (χ1) is 13.4. The lowest BCUT2D eigenvalue weighted by molar-refractivity contribution is -0.0793. The SMILES string of the molecule is CCC(CC)(CCOC(CC)(CC)c1ccc(C)cc1)Oc1ccc(C)cc1. The van der Waals surface area contributed by atoms with Gasteiger partial charge >= 0.3 is 0 Å². The molecule has 0 heterocycles. The van der Waals surface area contributed by atoms with Crippen LogP contribution in [-0.4, -0.2) is 12.2 Å². The molecule has 2 nitrogen and oxygen atoms in total. The van der Waals surface area contributed by atoms with E-state index in [0.717, 1.165) is 37.9 Å². The van der Waals surface area contributed by atoms with Gasteiger partial charge < -0.3 is 9.47 Å². The third-order valence-corrected chi connectivity index (χ3v) is 6.30. The second kappa shape index (κ2) is 10.1. The van der Waals surface area contributed by atoms with Gasteiger partial charge in [-0.15, -0.1) is 0 Å². The molecule has 0 aromatic heterocycles. The van der Waals surface area contributed by atoms with E-state index in [1.165, 1.54) is 16.7 Å². The largest absolute Gasteiger partial charge is 0.487 e. The van der Waals surface area contributed by atoms with Gasteiger partial charge in [-0.3, -0.25) is 0 Å². The van der Waals surface area contributed by atoms with Crippen molar-refractivity contribution >= 4 is 0 Å². The number of ether oxygens (including phenoxy) is 2. The van der Waals surface area contributed by atoms with Gasteiger partial charge in [-0.1, -0.05) is 75.2 Å². The van der Waals surface area contributed by atoms with E-state index in [4.69, 9.17) is 9.47 Å². The van der Waals surface area contributed by atoms with Crippen molar-refractivity contribution in [2.75, 3.05) is 6.61 Å². The molecule has 0 saturated heterocycles. The molecule has 0 atom stereocenters. The van der Waals surface area contributed by atoms with Gasteiger partial charge in [0.1, 0.15) is 11.4 Å². The minimum atomic E-state index is -0.217. The van der Waals surface area contributed by atoms with Gasteiger partial charge in [-0.2, -0.15) is 0 Å². The molecule has 0 bridgehead atoms. The van der Waals surface area contributed by atoms with Gasteiger partial charge in [0.15, 0.2) is 0 Å². The Morgan fingerprint density at radius 2 is 1.18 bits per heavy atom. The van der Waals surface area contributed by atoms with Gasteiger partial charge in [0.2, 0.25) is 0 Å². The van der Waals surface area contributed by atoms with E-state index in [1.54, 1.807) is 0 Å². The molecule has 0 fully saturated rings. The lowest BCUT2D eigenvalue weighted by Gasteiger charge is -2.37. The summed E-state index contributed by atoms with van der Waals surface area (Å²) in [5.41, 5.74) is 3.41. The maximum atomic E-state index is 6.59. The number of hydrogen-bond donors (Lipinski definition) is 0. The van der Waals surface area contributed by atoms with Crippen LogP contribution in [0.3, 0.4) is 0 Å². The summed E-state index contributed by atoms with van der Waals surface area (Å²) in [6.45, 7) is 13.8. The van der Waals surface area contributed by atoms with E-state index in [9.17, 15) is 0 Å². The first-order valence-electron chi connectivity index (χ1n) is 10.9. The van der Waals surface area contributed by atoms with Crippen LogP contribution in [0.4, 0.5) is 0 Å². The van der Waals surface area contributed by atoms with Crippen molar-refractivity contribution in [1.29, 1.82) is 0 Å². The summed E-state index contributed by atoms with van der Waals surface area (Å²) in [5, 5.41) is 0. The van der Waals surface area contributed by atoms with Gasteiger partial charge in [0, 0.05) is 6.42 Å². The molecule has 28 heavy (non-hydrogen) atoms. The zero-order valence-electron chi connectivity index (χ0n) is 18.7. The molecule has 2 aromatic carbocycles. The molecule has 0 amide bonds. The van der Waals surface area contributed by atoms with Crippen LogP contribution in [0.2, 0.25) is 0 Å². The summed E-state index contributed by atoms with van der Waals surface area (Å²) in [7, 11) is 0. The predicted octanol–water partition coefficient (Wildman–Crippen LogP) is 7.36. The van der Waals surface area contributed by atoms with E-state index in [1.807, 2.05) is 0 Å². The summed E-state index contributed by atoms with van der Waals surface area (Å²) in [6, 6.07) is 17.2. The second-order valence-corrected chi connectivity index (χ2v) is 7.97. The van der Waals surface area contributed by atoms with E-state index >= 15 is 0 Å². The smallest absolute Gasteiger partial charge is 0.120 e. The van der Waals surface area contributed by atoms with Crippen LogP contribution in [0, 0.1) is 13.8 Å². The molecule has 2 rings (SSSR count). The van der Waals surface area contributed by atoms with E-state index in [0.29, 0.717) is 6.61 Å². The summed E-state index contributed by atoms with van der Waals surface area (Å²) >= 11 is 0. The second-order valence-electron chi connectivity index (χ2n) is 7.97. The minimum Gasteiger partial charge on any atom is -0.487 e. The Morgan fingerprint density at radius 3 is 1.64 bits per heavy atom. The quantitative estimate of drug-likeness (QED) is 0.404. The van der Waals surface area contributed by atoms with E-state index < -0.39 is 0 Å². The fraction of sp³-hybridized carbons (Fsp3) is 0.538. The fourth-order valence-electron chi connectivity index (χ4n) is 3.89. The maximum Gasteiger partial charge on any atom is 0.120 e. The Morgan fingerprint density at radius 1 is 0.679 bits per heavy atom. The first-order valence-corrected chi connectivity index (χ1v) is 10.9. The molecule has 0 unspecified atom stereocenters. The zero-order valence-corrected chi connectivity index (χ0v) is 18.7. The third-order valence-electron chi connectivity index (χ3n) is 6.30. The third kappa shape index (κ3) is 5.38. The topological polar surface area (TPSA) is 18.5 Å². The van der Waals surface area contributed by atoms with Crippen LogP contribution in [-0.2, 0) is 10.3 Å². The van der Waals surface area contributed by atoms with Gasteiger partial charge in [-0.25, -0.2) is 0 Å². The lowest BCUT2D eigenvalue weighted by Crippen LogP contribution is -2.38. The van der Waals surface area contributed by atoms with Crippen molar-refractivity contribution in [1.82, 2.24) is 0 Å². The Balaban J connectivity index is 2.10. The summed E-state index contributed by atoms with van der Waals surface area (Å²) < 4.78 is 13.1. The normalized spacial score (nSPS) is 12.2. The van der Waals surface area contributed by atoms with Gasteiger partial charge in [0.25, 0.3) is 0 Å². The van der Waals surface area contributed by atoms with Gasteiger partial charge in [-0.05, 0) is 57.2 Å². The van der Waals surface area contributed by atoms with Gasteiger partial charge in [0.05, 0.1) is 12.2 Å². The van der Waals surface area contributed by atoms with Crippen molar-refractivity contribution in [2.45, 2.75) is 84.8 Å². The van der Waals surface area contributed by atoms with Crippen LogP contribution in [0.15, 0.2) is 48.5 Å². The number of benzene rings is 2. The summed E-state index contributed by atoms with van der Waals surface area (Å²) in [5.74, 6) is 0.949. The van der Waals surface area contributed by atoms with E-state index in [2.05, 4.69) is 90.1 Å². The first kappa shape index (κ1) is 22.5. The Kier molecular flexibility index (Phi) is 8.12. The fourth-order valence-corrected chi connectivity index (χ4v) is 3.89. The Bertz CT molecular complexity index is 692. The molecule has 0 saturated carbocycles. The summed E-state index contributed by atoms with van der Waals surface area (Å²) in [4.78, 5) is 0. The zero-order chi connectivity index (χ0) is 20.6. The highest BCUT2D eigenvalue weighted by Gasteiger charge is 2.33. The predicted molar refractivity (Wildman–Crippen MR) is 119 cm³/mol. The maximum absolute atomic E-state index is 6.59. The average molecular weight is 383 g/mol. The van der Waals surface area contributed by atoms with Crippen molar-refractivity contribution < 1.29 is 9.47 Å². The Hall–Kier alpha value is -1.80. The number of aryl methyl sites for hydroxylation is 2. The van der Waals surface area contributed by atoms with Crippen LogP contribution in [0.1, 0.15) is 76.5 Å². The van der Waals surface area contributed by atoms with Crippen molar-refractivity contribution in [3.63, 3.8) is 0 Å². The molecular weight excluding hydrogens is 344 g/mol. The lowest BCUT2D eigenvalue weighted by atomic mass is 9.87. The highest BCUT2D eigenvalue weighted by Crippen LogP contribution is 2.35. The molecule has 0 aliphatic carbocycles. The Labute approximate surface area is 172 Å². The van der Waals surface area contributed by atoms with Crippen LogP contribution in [0.25, 0.3) is 0 Å². The van der Waals surface area contributed by atoms with Crippen molar-refractivity contribution in [2.24, 2.45) is 0 Å². The molecule has 0 aliphatic rings. The molecule has 0 aliphatic heterocycles. The highest BCUT2D eigenvalue weighted by molar-refractivity contribution is 5.28. The van der Waals surface area contributed by atoms with E-state index in [-0.39, 0.29) is 11.2 Å². The molecule has 154 valence electrons. The molecule has 0 N–H and O–H groups in total. The van der Waals surface area contributed by atoms with Crippen molar-refractivity contribution in [3.05, 3.63) is 65.2 Å². The molecule has 0 spiro atoms. The number of rotatable bonds is 11.